The van der Waals surface area contributed by atoms with Gasteiger partial charge in [0.15, 0.2) is 5.78 Å². The van der Waals surface area contributed by atoms with Crippen LogP contribution in [0.5, 0.6) is 0 Å². The van der Waals surface area contributed by atoms with Gasteiger partial charge < -0.3 is 0 Å². The molecule has 1 nitrogen and oxygen atoms in total. The molecule has 1 aliphatic carbocycles. The van der Waals surface area contributed by atoms with Crippen LogP contribution >= 0.6 is 0 Å². The highest BCUT2D eigenvalue weighted by Gasteiger charge is 2.35. The minimum Gasteiger partial charge on any atom is -0.289 e. The molecule has 170 valence electrons. The summed E-state index contributed by atoms with van der Waals surface area (Å²) in [5, 5.41) is 0. The molecule has 0 spiro atoms. The topological polar surface area (TPSA) is 17.1 Å². The fraction of sp³-hybridized carbons (Fsp3) is 0.0741. The molecule has 0 saturated carbocycles. The Morgan fingerprint density at radius 3 is 1.21 bits per heavy atom. The third-order valence-electron chi connectivity index (χ3n) is 5.91. The van der Waals surface area contributed by atoms with Crippen LogP contribution in [0.2, 0.25) is 0 Å². The van der Waals surface area contributed by atoms with Crippen LogP contribution in [0.25, 0.3) is 33.4 Å². The van der Waals surface area contributed by atoms with E-state index in [0.717, 1.165) is 12.1 Å². The van der Waals surface area contributed by atoms with Crippen molar-refractivity contribution in [3.8, 4) is 33.4 Å². The van der Waals surface area contributed by atoms with Gasteiger partial charge in [-0.05, 0) is 57.6 Å². The van der Waals surface area contributed by atoms with E-state index in [2.05, 4.69) is 0 Å². The van der Waals surface area contributed by atoms with E-state index in [1.807, 2.05) is 0 Å². The molecule has 0 aliphatic heterocycles. The van der Waals surface area contributed by atoms with Gasteiger partial charge in [-0.2, -0.15) is 26.3 Å². The maximum Gasteiger partial charge on any atom is 0.417 e. The maximum atomic E-state index is 13.5. The summed E-state index contributed by atoms with van der Waals surface area (Å²) in [5.41, 5.74) is 0.214. The summed E-state index contributed by atoms with van der Waals surface area (Å²) in [6.07, 6.45) is -9.13. The summed E-state index contributed by atoms with van der Waals surface area (Å²) in [6, 6.07) is 19.2. The van der Waals surface area contributed by atoms with Crippen molar-refractivity contribution in [3.63, 3.8) is 0 Å². The van der Waals surface area contributed by atoms with Crippen molar-refractivity contribution in [2.75, 3.05) is 0 Å². The smallest absolute Gasteiger partial charge is 0.289 e. The minimum atomic E-state index is -4.57. The zero-order valence-corrected chi connectivity index (χ0v) is 17.3. The van der Waals surface area contributed by atoms with E-state index in [1.54, 1.807) is 12.1 Å². The fourth-order valence-corrected chi connectivity index (χ4v) is 4.38. The number of carbonyl (C=O) groups is 1. The summed E-state index contributed by atoms with van der Waals surface area (Å²) < 4.78 is 80.8. The Balaban J connectivity index is 1.60. The highest BCUT2D eigenvalue weighted by molar-refractivity contribution is 6.22. The van der Waals surface area contributed by atoms with Crippen molar-refractivity contribution in [1.29, 1.82) is 0 Å². The van der Waals surface area contributed by atoms with Crippen molar-refractivity contribution in [1.82, 2.24) is 0 Å². The first kappa shape index (κ1) is 21.9. The Kier molecular flexibility index (Phi) is 4.90. The first-order chi connectivity index (χ1) is 16.1. The lowest BCUT2D eigenvalue weighted by Gasteiger charge is -2.13. The lowest BCUT2D eigenvalue weighted by molar-refractivity contribution is -0.137. The molecule has 0 fully saturated rings. The summed E-state index contributed by atoms with van der Waals surface area (Å²) in [4.78, 5) is 13.2. The first-order valence-electron chi connectivity index (χ1n) is 10.2. The van der Waals surface area contributed by atoms with Gasteiger partial charge in [-0.1, -0.05) is 60.7 Å². The first-order valence-corrected chi connectivity index (χ1v) is 10.2. The number of benzene rings is 4. The molecular weight excluding hydrogens is 454 g/mol. The molecule has 0 unspecified atom stereocenters. The Morgan fingerprint density at radius 2 is 0.824 bits per heavy atom. The monoisotopic (exact) mass is 468 g/mol. The molecular formula is C27H14F6O. The van der Waals surface area contributed by atoms with E-state index >= 15 is 0 Å². The quantitative estimate of drug-likeness (QED) is 0.238. The lowest BCUT2D eigenvalue weighted by atomic mass is 9.95. The molecule has 0 radical (unpaired) electrons. The van der Waals surface area contributed by atoms with Gasteiger partial charge >= 0.3 is 12.4 Å². The predicted octanol–water partition coefficient (Wildman–Crippen LogP) is 8.27. The highest BCUT2D eigenvalue weighted by atomic mass is 19.4. The number of hydrogen-bond acceptors (Lipinski definition) is 1. The SMILES string of the molecule is O=C1c2cc(-c3ccccc3C(F)(F)F)ccc2-c2ccc(-c3ccccc3C(F)(F)F)cc21. The highest BCUT2D eigenvalue weighted by Crippen LogP contribution is 2.44. The van der Waals surface area contributed by atoms with E-state index in [-0.39, 0.29) is 33.4 Å². The third-order valence-corrected chi connectivity index (χ3v) is 5.91. The summed E-state index contributed by atoms with van der Waals surface area (Å²) in [6.45, 7) is 0. The minimum absolute atomic E-state index is 0.0543. The summed E-state index contributed by atoms with van der Waals surface area (Å²) in [7, 11) is 0. The second-order valence-corrected chi connectivity index (χ2v) is 7.94. The molecule has 0 amide bonds. The standard InChI is InChI=1S/C27H14F6O/c28-26(29,30)23-7-3-1-5-17(23)15-9-11-19-20-12-10-16(14-22(20)25(34)21(19)13-15)18-6-2-4-8-24(18)27(31,32)33/h1-14H. The Bertz CT molecular complexity index is 1340. The van der Waals surface area contributed by atoms with E-state index in [1.165, 1.54) is 60.7 Å². The van der Waals surface area contributed by atoms with E-state index in [9.17, 15) is 31.1 Å². The largest absolute Gasteiger partial charge is 0.417 e. The zero-order chi connectivity index (χ0) is 24.3. The van der Waals surface area contributed by atoms with Gasteiger partial charge in [0.1, 0.15) is 0 Å². The predicted molar refractivity (Wildman–Crippen MR) is 116 cm³/mol. The van der Waals surface area contributed by atoms with Gasteiger partial charge in [0.2, 0.25) is 0 Å². The van der Waals surface area contributed by atoms with Crippen LogP contribution in [0.4, 0.5) is 26.3 Å². The van der Waals surface area contributed by atoms with Crippen molar-refractivity contribution in [2.45, 2.75) is 12.4 Å². The second-order valence-electron chi connectivity index (χ2n) is 7.94. The molecule has 4 aromatic rings. The van der Waals surface area contributed by atoms with Gasteiger partial charge in [0.05, 0.1) is 11.1 Å². The number of alkyl halides is 6. The second kappa shape index (κ2) is 7.58. The van der Waals surface area contributed by atoms with E-state index in [4.69, 9.17) is 0 Å². The molecule has 34 heavy (non-hydrogen) atoms. The molecule has 0 N–H and O–H groups in total. The molecule has 0 atom stereocenters. The molecule has 4 aromatic carbocycles. The number of hydrogen-bond donors (Lipinski definition) is 0. The molecule has 0 saturated heterocycles. The van der Waals surface area contributed by atoms with Gasteiger partial charge in [-0.25, -0.2) is 0 Å². The van der Waals surface area contributed by atoms with Crippen LogP contribution in [0.15, 0.2) is 84.9 Å². The Morgan fingerprint density at radius 1 is 0.441 bits per heavy atom. The maximum absolute atomic E-state index is 13.5. The van der Waals surface area contributed by atoms with Crippen LogP contribution in [0.1, 0.15) is 27.0 Å². The van der Waals surface area contributed by atoms with E-state index in [0.29, 0.717) is 11.1 Å². The third kappa shape index (κ3) is 3.57. The molecule has 7 heteroatoms. The average molecular weight is 468 g/mol. The number of halogens is 6. The van der Waals surface area contributed by atoms with Crippen molar-refractivity contribution >= 4 is 5.78 Å². The zero-order valence-electron chi connectivity index (χ0n) is 17.3. The molecule has 1 aliphatic rings. The number of carbonyl (C=O) groups excluding carboxylic acids is 1. The normalized spacial score (nSPS) is 13.1. The number of rotatable bonds is 2. The molecule has 0 bridgehead atoms. The summed E-state index contributed by atoms with van der Waals surface area (Å²) >= 11 is 0. The Hall–Kier alpha value is -3.87. The summed E-state index contributed by atoms with van der Waals surface area (Å²) in [5.74, 6) is -0.442. The number of ketones is 1. The Labute approximate surface area is 190 Å². The number of fused-ring (bicyclic) bond motifs is 3. The molecule has 0 aromatic heterocycles. The van der Waals surface area contributed by atoms with E-state index < -0.39 is 29.3 Å². The van der Waals surface area contributed by atoms with Crippen LogP contribution in [0, 0.1) is 0 Å². The van der Waals surface area contributed by atoms with Crippen molar-refractivity contribution in [2.24, 2.45) is 0 Å². The van der Waals surface area contributed by atoms with Crippen molar-refractivity contribution in [3.05, 3.63) is 107 Å². The molecule has 5 rings (SSSR count). The van der Waals surface area contributed by atoms with Crippen LogP contribution in [-0.2, 0) is 12.4 Å². The average Bonchev–Trinajstić information content (AvgIpc) is 3.09. The fourth-order valence-electron chi connectivity index (χ4n) is 4.38. The van der Waals surface area contributed by atoms with Crippen LogP contribution in [-0.4, -0.2) is 5.78 Å². The van der Waals surface area contributed by atoms with Crippen molar-refractivity contribution < 1.29 is 31.1 Å². The lowest BCUT2D eigenvalue weighted by Crippen LogP contribution is -2.07. The van der Waals surface area contributed by atoms with Gasteiger partial charge in [0.25, 0.3) is 0 Å². The van der Waals surface area contributed by atoms with Gasteiger partial charge in [-0.15, -0.1) is 0 Å². The van der Waals surface area contributed by atoms with Gasteiger partial charge in [-0.3, -0.25) is 4.79 Å². The van der Waals surface area contributed by atoms with Crippen LogP contribution in [0.3, 0.4) is 0 Å². The van der Waals surface area contributed by atoms with Crippen LogP contribution < -0.4 is 0 Å². The molecule has 0 heterocycles. The van der Waals surface area contributed by atoms with Gasteiger partial charge in [0, 0.05) is 11.1 Å².